The van der Waals surface area contributed by atoms with Gasteiger partial charge in [0.25, 0.3) is 0 Å². The highest BCUT2D eigenvalue weighted by Gasteiger charge is 2.25. The summed E-state index contributed by atoms with van der Waals surface area (Å²) in [6.07, 6.45) is -0.752. The van der Waals surface area contributed by atoms with Crippen molar-refractivity contribution in [2.75, 3.05) is 7.11 Å². The van der Waals surface area contributed by atoms with Crippen molar-refractivity contribution in [2.24, 2.45) is 0 Å². The number of hydrogen-bond acceptors (Lipinski definition) is 3. The molecule has 0 amide bonds. The fraction of sp³-hybridized carbons (Fsp3) is 0.381. The molecule has 0 aliphatic carbocycles. The summed E-state index contributed by atoms with van der Waals surface area (Å²) in [6, 6.07) is 13.3. The molecule has 0 saturated heterocycles. The fourth-order valence-corrected chi connectivity index (χ4v) is 2.79. The van der Waals surface area contributed by atoms with Gasteiger partial charge in [0.1, 0.15) is 11.5 Å². The summed E-state index contributed by atoms with van der Waals surface area (Å²) in [6.45, 7) is 8.20. The van der Waals surface area contributed by atoms with E-state index in [1.807, 2.05) is 49.4 Å². The van der Waals surface area contributed by atoms with Crippen LogP contribution >= 0.6 is 0 Å². The first-order valence-corrected chi connectivity index (χ1v) is 8.35. The van der Waals surface area contributed by atoms with Gasteiger partial charge < -0.3 is 14.6 Å². The number of carbonyl (C=O) groups is 1. The number of rotatable bonds is 6. The fourth-order valence-electron chi connectivity index (χ4n) is 2.79. The highest BCUT2D eigenvalue weighted by atomic mass is 16.5. The van der Waals surface area contributed by atoms with Crippen molar-refractivity contribution in [3.63, 3.8) is 0 Å². The van der Waals surface area contributed by atoms with Crippen LogP contribution in [-0.2, 0) is 16.6 Å². The standard InChI is InChI=1S/C21H26O4/c1-14-10-11-17(24-5)15(12-14)13-19(20(22)23)25-18-9-7-6-8-16(18)21(2,3)4/h6-12,19H,13H2,1-5H3,(H,22,23)/t19-/m0/s1. The average molecular weight is 342 g/mol. The van der Waals surface area contributed by atoms with E-state index < -0.39 is 12.1 Å². The van der Waals surface area contributed by atoms with E-state index >= 15 is 0 Å². The molecule has 0 bridgehead atoms. The highest BCUT2D eigenvalue weighted by molar-refractivity contribution is 5.73. The van der Waals surface area contributed by atoms with E-state index in [1.54, 1.807) is 7.11 Å². The van der Waals surface area contributed by atoms with Crippen molar-refractivity contribution >= 4 is 5.97 Å². The lowest BCUT2D eigenvalue weighted by molar-refractivity contribution is -0.145. The van der Waals surface area contributed by atoms with Crippen molar-refractivity contribution in [3.8, 4) is 11.5 Å². The molecule has 0 unspecified atom stereocenters. The summed E-state index contributed by atoms with van der Waals surface area (Å²) in [5.74, 6) is 0.283. The maximum Gasteiger partial charge on any atom is 0.345 e. The van der Waals surface area contributed by atoms with E-state index in [0.29, 0.717) is 11.5 Å². The monoisotopic (exact) mass is 342 g/mol. The molecule has 2 rings (SSSR count). The first kappa shape index (κ1) is 18.8. The zero-order valence-electron chi connectivity index (χ0n) is 15.5. The summed E-state index contributed by atoms with van der Waals surface area (Å²) in [5.41, 5.74) is 2.72. The number of aliphatic carboxylic acids is 1. The number of hydrogen-bond donors (Lipinski definition) is 1. The molecule has 2 aromatic carbocycles. The Bertz CT molecular complexity index is 744. The lowest BCUT2D eigenvalue weighted by Crippen LogP contribution is -2.30. The maximum absolute atomic E-state index is 11.8. The maximum atomic E-state index is 11.8. The second-order valence-electron chi connectivity index (χ2n) is 7.21. The third kappa shape index (κ3) is 4.75. The number of methoxy groups -OCH3 is 1. The molecule has 0 spiro atoms. The molecule has 25 heavy (non-hydrogen) atoms. The predicted octanol–water partition coefficient (Wildman–Crippen LogP) is 4.38. The van der Waals surface area contributed by atoms with Crippen LogP contribution in [0.15, 0.2) is 42.5 Å². The zero-order valence-corrected chi connectivity index (χ0v) is 15.5. The van der Waals surface area contributed by atoms with Crippen LogP contribution in [0.4, 0.5) is 0 Å². The van der Waals surface area contributed by atoms with Crippen LogP contribution in [0.1, 0.15) is 37.5 Å². The number of carboxylic acid groups (broad SMARTS) is 1. The van der Waals surface area contributed by atoms with Gasteiger partial charge in [-0.2, -0.15) is 0 Å². The Hall–Kier alpha value is -2.49. The third-order valence-corrected chi connectivity index (χ3v) is 4.08. The summed E-state index contributed by atoms with van der Waals surface area (Å²) in [4.78, 5) is 11.8. The number of ether oxygens (including phenoxy) is 2. The summed E-state index contributed by atoms with van der Waals surface area (Å²) >= 11 is 0. The molecule has 0 saturated carbocycles. The number of aryl methyl sites for hydroxylation is 1. The molecule has 134 valence electrons. The van der Waals surface area contributed by atoms with E-state index in [0.717, 1.165) is 16.7 Å². The lowest BCUT2D eigenvalue weighted by atomic mass is 9.86. The van der Waals surface area contributed by atoms with Gasteiger partial charge in [0.15, 0.2) is 6.10 Å². The Kier molecular flexibility index (Phi) is 5.73. The van der Waals surface area contributed by atoms with Crippen LogP contribution < -0.4 is 9.47 Å². The molecule has 0 aromatic heterocycles. The van der Waals surface area contributed by atoms with Crippen molar-refractivity contribution in [1.29, 1.82) is 0 Å². The molecule has 0 aliphatic heterocycles. The van der Waals surface area contributed by atoms with Crippen LogP contribution in [0.2, 0.25) is 0 Å². The van der Waals surface area contributed by atoms with E-state index in [9.17, 15) is 9.90 Å². The molecular formula is C21H26O4. The van der Waals surface area contributed by atoms with Crippen molar-refractivity contribution in [3.05, 3.63) is 59.2 Å². The summed E-state index contributed by atoms with van der Waals surface area (Å²) in [5, 5.41) is 9.66. The highest BCUT2D eigenvalue weighted by Crippen LogP contribution is 2.32. The Balaban J connectivity index is 2.33. The quantitative estimate of drug-likeness (QED) is 0.846. The Morgan fingerprint density at radius 2 is 1.80 bits per heavy atom. The SMILES string of the molecule is COc1ccc(C)cc1C[C@H](Oc1ccccc1C(C)(C)C)C(=O)O. The Morgan fingerprint density at radius 1 is 1.12 bits per heavy atom. The van der Waals surface area contributed by atoms with E-state index in [4.69, 9.17) is 9.47 Å². The minimum absolute atomic E-state index is 0.138. The van der Waals surface area contributed by atoms with Gasteiger partial charge in [-0.05, 0) is 35.6 Å². The molecule has 4 heteroatoms. The first-order valence-electron chi connectivity index (χ1n) is 8.35. The average Bonchev–Trinajstić information content (AvgIpc) is 2.54. The van der Waals surface area contributed by atoms with Gasteiger partial charge in [-0.25, -0.2) is 4.79 Å². The van der Waals surface area contributed by atoms with E-state index in [2.05, 4.69) is 20.8 Å². The van der Waals surface area contributed by atoms with E-state index in [1.165, 1.54) is 0 Å². The molecule has 0 aliphatic rings. The van der Waals surface area contributed by atoms with Gasteiger partial charge in [0.2, 0.25) is 0 Å². The first-order chi connectivity index (χ1) is 11.7. The smallest absolute Gasteiger partial charge is 0.345 e. The summed E-state index contributed by atoms with van der Waals surface area (Å²) in [7, 11) is 1.58. The second kappa shape index (κ2) is 7.60. The van der Waals surface area contributed by atoms with E-state index in [-0.39, 0.29) is 11.8 Å². The van der Waals surface area contributed by atoms with Gasteiger partial charge >= 0.3 is 5.97 Å². The topological polar surface area (TPSA) is 55.8 Å². The summed E-state index contributed by atoms with van der Waals surface area (Å²) < 4.78 is 11.3. The Morgan fingerprint density at radius 3 is 2.40 bits per heavy atom. The molecule has 1 atom stereocenters. The normalized spacial score (nSPS) is 12.5. The molecule has 0 fully saturated rings. The molecular weight excluding hydrogens is 316 g/mol. The number of para-hydroxylation sites is 1. The van der Waals surface area contributed by atoms with Crippen molar-refractivity contribution in [1.82, 2.24) is 0 Å². The second-order valence-corrected chi connectivity index (χ2v) is 7.21. The van der Waals surface area contributed by atoms with Crippen LogP contribution in [-0.4, -0.2) is 24.3 Å². The van der Waals surface area contributed by atoms with Crippen LogP contribution in [0.25, 0.3) is 0 Å². The number of carboxylic acids is 1. The van der Waals surface area contributed by atoms with Gasteiger partial charge in [-0.3, -0.25) is 0 Å². The third-order valence-electron chi connectivity index (χ3n) is 4.08. The number of benzene rings is 2. The van der Waals surface area contributed by atoms with Gasteiger partial charge in [0, 0.05) is 6.42 Å². The van der Waals surface area contributed by atoms with Crippen LogP contribution in [0.5, 0.6) is 11.5 Å². The molecule has 2 aromatic rings. The zero-order chi connectivity index (χ0) is 18.6. The van der Waals surface area contributed by atoms with Crippen molar-refractivity contribution in [2.45, 2.75) is 45.6 Å². The van der Waals surface area contributed by atoms with Gasteiger partial charge in [-0.1, -0.05) is 56.7 Å². The molecule has 4 nitrogen and oxygen atoms in total. The largest absolute Gasteiger partial charge is 0.496 e. The Labute approximate surface area is 149 Å². The minimum Gasteiger partial charge on any atom is -0.496 e. The van der Waals surface area contributed by atoms with Crippen molar-refractivity contribution < 1.29 is 19.4 Å². The predicted molar refractivity (Wildman–Crippen MR) is 98.6 cm³/mol. The molecule has 1 N–H and O–H groups in total. The minimum atomic E-state index is -0.993. The van der Waals surface area contributed by atoms with Gasteiger partial charge in [0.05, 0.1) is 7.11 Å². The lowest BCUT2D eigenvalue weighted by Gasteiger charge is -2.25. The van der Waals surface area contributed by atoms with Crippen LogP contribution in [0.3, 0.4) is 0 Å². The molecule has 0 heterocycles. The molecule has 0 radical (unpaired) electrons. The van der Waals surface area contributed by atoms with Crippen LogP contribution in [0, 0.1) is 6.92 Å². The van der Waals surface area contributed by atoms with Gasteiger partial charge in [-0.15, -0.1) is 0 Å².